The second-order valence-electron chi connectivity index (χ2n) is 7.35. The lowest BCUT2D eigenvalue weighted by Crippen LogP contribution is -2.10. The average molecular weight is 410 g/mol. The van der Waals surface area contributed by atoms with E-state index in [0.29, 0.717) is 23.3 Å². The van der Waals surface area contributed by atoms with E-state index in [-0.39, 0.29) is 22.5 Å². The lowest BCUT2D eigenvalue weighted by atomic mass is 9.92. The van der Waals surface area contributed by atoms with Crippen LogP contribution in [0.3, 0.4) is 0 Å². The van der Waals surface area contributed by atoms with Crippen LogP contribution in [0.4, 0.5) is 0 Å². The summed E-state index contributed by atoms with van der Waals surface area (Å²) in [5, 5.41) is 20.6. The van der Waals surface area contributed by atoms with Gasteiger partial charge in [-0.1, -0.05) is 26.2 Å². The number of ketones is 1. The molecular weight excluding hydrogens is 384 g/mol. The Morgan fingerprint density at radius 2 is 1.83 bits per heavy atom. The highest BCUT2D eigenvalue weighted by atomic mass is 16.5. The summed E-state index contributed by atoms with van der Waals surface area (Å²) in [6.07, 6.45) is 5.86. The highest BCUT2D eigenvalue weighted by molar-refractivity contribution is 6.17. The molecule has 0 saturated carbocycles. The van der Waals surface area contributed by atoms with Crippen molar-refractivity contribution in [2.45, 2.75) is 45.4 Å². The van der Waals surface area contributed by atoms with Crippen LogP contribution in [0.15, 0.2) is 47.1 Å². The number of hydrogen-bond donors (Lipinski definition) is 2. The number of unbranched alkanes of at least 4 members (excludes halogenated alkanes) is 3. The fourth-order valence-corrected chi connectivity index (χ4v) is 3.36. The van der Waals surface area contributed by atoms with Gasteiger partial charge in [-0.05, 0) is 49.7 Å². The Kier molecular flexibility index (Phi) is 6.77. The van der Waals surface area contributed by atoms with Gasteiger partial charge in [0.25, 0.3) is 0 Å². The Bertz CT molecular complexity index is 1030. The lowest BCUT2D eigenvalue weighted by molar-refractivity contribution is -0.138. The number of hydrogen-bond acceptors (Lipinski definition) is 5. The molecule has 3 rings (SSSR count). The number of carboxylic acid groups (broad SMARTS) is 1. The molecule has 0 radical (unpaired) electrons. The molecule has 0 spiro atoms. The zero-order valence-corrected chi connectivity index (χ0v) is 17.2. The number of furan rings is 1. The molecule has 3 aromatic rings. The zero-order valence-electron chi connectivity index (χ0n) is 17.2. The van der Waals surface area contributed by atoms with Crippen molar-refractivity contribution in [1.82, 2.24) is 0 Å². The van der Waals surface area contributed by atoms with Crippen molar-refractivity contribution in [2.75, 3.05) is 6.61 Å². The number of phenolic OH excluding ortho intramolecular Hbond substituents is 1. The van der Waals surface area contributed by atoms with E-state index < -0.39 is 17.7 Å². The van der Waals surface area contributed by atoms with Crippen LogP contribution >= 0.6 is 0 Å². The standard InChI is InChI=1S/C24H26O6/c1-3-4-5-6-12-29-18-9-7-16(8-10-18)21(25)20-22(26)19(15(2)24(27)28)14-17-11-13-30-23(17)20/h7-11,13-15,26H,3-6,12H2,1-2H3,(H,27,28). The normalized spacial score (nSPS) is 12.1. The minimum atomic E-state index is -1.09. The molecule has 1 aromatic heterocycles. The van der Waals surface area contributed by atoms with Crippen molar-refractivity contribution in [2.24, 2.45) is 0 Å². The van der Waals surface area contributed by atoms with Gasteiger partial charge in [0.1, 0.15) is 22.6 Å². The van der Waals surface area contributed by atoms with Crippen LogP contribution in [0.5, 0.6) is 11.5 Å². The van der Waals surface area contributed by atoms with E-state index >= 15 is 0 Å². The number of phenols is 1. The molecule has 30 heavy (non-hydrogen) atoms. The van der Waals surface area contributed by atoms with Crippen LogP contribution in [0.25, 0.3) is 11.0 Å². The van der Waals surface area contributed by atoms with Gasteiger partial charge in [0.2, 0.25) is 5.78 Å². The van der Waals surface area contributed by atoms with Gasteiger partial charge in [-0.2, -0.15) is 0 Å². The van der Waals surface area contributed by atoms with E-state index in [9.17, 15) is 19.8 Å². The van der Waals surface area contributed by atoms with Crippen molar-refractivity contribution in [3.05, 3.63) is 59.4 Å². The first-order valence-corrected chi connectivity index (χ1v) is 10.2. The van der Waals surface area contributed by atoms with Gasteiger partial charge in [-0.25, -0.2) is 0 Å². The Morgan fingerprint density at radius 3 is 2.50 bits per heavy atom. The molecule has 6 heteroatoms. The minimum absolute atomic E-state index is 0.0335. The quantitative estimate of drug-likeness (QED) is 0.338. The number of carbonyl (C=O) groups excluding carboxylic acids is 1. The predicted octanol–water partition coefficient (Wildman–Crippen LogP) is 5.52. The third-order valence-corrected chi connectivity index (χ3v) is 5.19. The van der Waals surface area contributed by atoms with Gasteiger partial charge in [-0.15, -0.1) is 0 Å². The molecule has 2 N–H and O–H groups in total. The number of ether oxygens (including phenoxy) is 1. The van der Waals surface area contributed by atoms with Gasteiger partial charge in [-0.3, -0.25) is 9.59 Å². The topological polar surface area (TPSA) is 97.0 Å². The third-order valence-electron chi connectivity index (χ3n) is 5.19. The van der Waals surface area contributed by atoms with Gasteiger partial charge in [0, 0.05) is 16.5 Å². The molecule has 1 unspecified atom stereocenters. The smallest absolute Gasteiger partial charge is 0.310 e. The number of aliphatic carboxylic acids is 1. The second kappa shape index (κ2) is 9.48. The number of aromatic hydroxyl groups is 1. The number of fused-ring (bicyclic) bond motifs is 1. The first-order valence-electron chi connectivity index (χ1n) is 10.2. The van der Waals surface area contributed by atoms with Crippen LogP contribution in [0.1, 0.15) is 66.9 Å². The van der Waals surface area contributed by atoms with Crippen LogP contribution in [-0.2, 0) is 4.79 Å². The summed E-state index contributed by atoms with van der Waals surface area (Å²) in [6, 6.07) is 9.87. The first-order chi connectivity index (χ1) is 14.4. The molecule has 0 aliphatic rings. The van der Waals surface area contributed by atoms with Crippen LogP contribution < -0.4 is 4.74 Å². The zero-order chi connectivity index (χ0) is 21.7. The summed E-state index contributed by atoms with van der Waals surface area (Å²) >= 11 is 0. The van der Waals surface area contributed by atoms with Crippen molar-refractivity contribution in [1.29, 1.82) is 0 Å². The van der Waals surface area contributed by atoms with E-state index in [1.54, 1.807) is 36.4 Å². The maximum atomic E-state index is 13.2. The van der Waals surface area contributed by atoms with Crippen LogP contribution in [-0.4, -0.2) is 28.6 Å². The molecule has 0 amide bonds. The van der Waals surface area contributed by atoms with E-state index in [2.05, 4.69) is 6.92 Å². The molecule has 0 aliphatic carbocycles. The van der Waals surface area contributed by atoms with Crippen LogP contribution in [0.2, 0.25) is 0 Å². The van der Waals surface area contributed by atoms with Gasteiger partial charge >= 0.3 is 5.97 Å². The summed E-state index contributed by atoms with van der Waals surface area (Å²) in [4.78, 5) is 24.6. The van der Waals surface area contributed by atoms with E-state index in [1.165, 1.54) is 26.0 Å². The highest BCUT2D eigenvalue weighted by Gasteiger charge is 2.27. The van der Waals surface area contributed by atoms with Crippen LogP contribution in [0, 0.1) is 0 Å². The van der Waals surface area contributed by atoms with E-state index in [0.717, 1.165) is 12.8 Å². The Morgan fingerprint density at radius 1 is 1.10 bits per heavy atom. The molecule has 158 valence electrons. The largest absolute Gasteiger partial charge is 0.507 e. The first kappa shape index (κ1) is 21.4. The van der Waals surface area contributed by atoms with Crippen molar-refractivity contribution >= 4 is 22.7 Å². The fourth-order valence-electron chi connectivity index (χ4n) is 3.36. The second-order valence-corrected chi connectivity index (χ2v) is 7.35. The van der Waals surface area contributed by atoms with Crippen molar-refractivity contribution in [3.63, 3.8) is 0 Å². The minimum Gasteiger partial charge on any atom is -0.507 e. The van der Waals surface area contributed by atoms with E-state index in [4.69, 9.17) is 9.15 Å². The summed E-state index contributed by atoms with van der Waals surface area (Å²) in [5.74, 6) is -2.20. The van der Waals surface area contributed by atoms with Gasteiger partial charge in [0.05, 0.1) is 18.8 Å². The molecular formula is C24H26O6. The van der Waals surface area contributed by atoms with E-state index in [1.807, 2.05) is 0 Å². The molecule has 0 saturated heterocycles. The highest BCUT2D eigenvalue weighted by Crippen LogP contribution is 2.37. The summed E-state index contributed by atoms with van der Waals surface area (Å²) in [5.41, 5.74) is 0.720. The molecule has 2 aromatic carbocycles. The number of benzene rings is 2. The molecule has 0 bridgehead atoms. The molecule has 0 aliphatic heterocycles. The summed E-state index contributed by atoms with van der Waals surface area (Å²) in [6.45, 7) is 4.24. The molecule has 1 heterocycles. The number of carbonyl (C=O) groups is 2. The molecule has 1 atom stereocenters. The number of carboxylic acids is 1. The van der Waals surface area contributed by atoms with Gasteiger partial charge in [0.15, 0.2) is 0 Å². The lowest BCUT2D eigenvalue weighted by Gasteiger charge is -2.13. The Labute approximate surface area is 175 Å². The van der Waals surface area contributed by atoms with Gasteiger partial charge < -0.3 is 19.4 Å². The third kappa shape index (κ3) is 4.48. The SMILES string of the molecule is CCCCCCOc1ccc(C(=O)c2c(O)c(C(C)C(=O)O)cc3ccoc23)cc1. The monoisotopic (exact) mass is 410 g/mol. The van der Waals surface area contributed by atoms with Crippen molar-refractivity contribution < 1.29 is 29.0 Å². The summed E-state index contributed by atoms with van der Waals surface area (Å²) in [7, 11) is 0. The summed E-state index contributed by atoms with van der Waals surface area (Å²) < 4.78 is 11.1. The molecule has 6 nitrogen and oxygen atoms in total. The predicted molar refractivity (Wildman–Crippen MR) is 113 cm³/mol. The fraction of sp³-hybridized carbons (Fsp3) is 0.333. The maximum absolute atomic E-state index is 13.2. The molecule has 0 fully saturated rings. The maximum Gasteiger partial charge on any atom is 0.310 e. The van der Waals surface area contributed by atoms with Crippen molar-refractivity contribution in [3.8, 4) is 11.5 Å². The number of rotatable bonds is 10. The average Bonchev–Trinajstić information content (AvgIpc) is 3.20. The Hall–Kier alpha value is -3.28. The Balaban J connectivity index is 1.87.